The molecule has 1 aliphatic carbocycles. The van der Waals surface area contributed by atoms with Crippen molar-refractivity contribution in [3.05, 3.63) is 29.8 Å². The Labute approximate surface area is 99.6 Å². The van der Waals surface area contributed by atoms with Crippen LogP contribution in [0.4, 0.5) is 5.69 Å². The average molecular weight is 233 g/mol. The number of amides is 1. The highest BCUT2D eigenvalue weighted by atomic mass is 16.4. The number of rotatable bonds is 4. The van der Waals surface area contributed by atoms with E-state index in [0.29, 0.717) is 11.6 Å². The first-order valence-corrected chi connectivity index (χ1v) is 5.72. The summed E-state index contributed by atoms with van der Waals surface area (Å²) in [6.45, 7) is 1.93. The first-order valence-electron chi connectivity index (χ1n) is 5.72. The lowest BCUT2D eigenvalue weighted by Crippen LogP contribution is -2.21. The number of anilines is 1. The summed E-state index contributed by atoms with van der Waals surface area (Å²) in [6.07, 6.45) is 2.26. The van der Waals surface area contributed by atoms with E-state index < -0.39 is 5.97 Å². The average Bonchev–Trinajstić information content (AvgIpc) is 3.12. The molecule has 0 heterocycles. The Kier molecular flexibility index (Phi) is 3.13. The number of nitrogens with one attached hydrogen (secondary N) is 1. The fourth-order valence-electron chi connectivity index (χ4n) is 1.76. The van der Waals surface area contributed by atoms with Gasteiger partial charge in [-0.25, -0.2) is 4.79 Å². The van der Waals surface area contributed by atoms with Gasteiger partial charge in [0.25, 0.3) is 0 Å². The fourth-order valence-corrected chi connectivity index (χ4v) is 1.76. The summed E-state index contributed by atoms with van der Waals surface area (Å²) in [4.78, 5) is 22.4. The summed E-state index contributed by atoms with van der Waals surface area (Å²) >= 11 is 0. The molecule has 0 saturated heterocycles. The standard InChI is InChI=1S/C13H15NO3/c1-8(9-2-3-9)12(15)14-11-6-4-10(5-7-11)13(16)17/h4-9H,2-3H2,1H3,(H,14,15)(H,16,17). The van der Waals surface area contributed by atoms with Gasteiger partial charge >= 0.3 is 5.97 Å². The van der Waals surface area contributed by atoms with Crippen LogP contribution in [0.2, 0.25) is 0 Å². The lowest BCUT2D eigenvalue weighted by Gasteiger charge is -2.11. The zero-order valence-corrected chi connectivity index (χ0v) is 9.64. The van der Waals surface area contributed by atoms with Gasteiger partial charge in [-0.05, 0) is 43.0 Å². The molecule has 1 aliphatic rings. The Morgan fingerprint density at radius 2 is 1.88 bits per heavy atom. The maximum absolute atomic E-state index is 11.8. The van der Waals surface area contributed by atoms with Crippen LogP contribution in [0.15, 0.2) is 24.3 Å². The summed E-state index contributed by atoms with van der Waals surface area (Å²) in [5.74, 6) is -0.396. The van der Waals surface area contributed by atoms with Gasteiger partial charge in [-0.1, -0.05) is 6.92 Å². The minimum Gasteiger partial charge on any atom is -0.478 e. The van der Waals surface area contributed by atoms with Gasteiger partial charge < -0.3 is 10.4 Å². The Morgan fingerprint density at radius 3 is 2.35 bits per heavy atom. The van der Waals surface area contributed by atoms with Gasteiger partial charge in [-0.15, -0.1) is 0 Å². The normalized spacial score (nSPS) is 16.3. The van der Waals surface area contributed by atoms with Crippen molar-refractivity contribution in [1.29, 1.82) is 0 Å². The predicted octanol–water partition coefficient (Wildman–Crippen LogP) is 2.37. The molecule has 2 rings (SSSR count). The minimum absolute atomic E-state index is 0.00979. The summed E-state index contributed by atoms with van der Waals surface area (Å²) in [7, 11) is 0. The van der Waals surface area contributed by atoms with Crippen LogP contribution >= 0.6 is 0 Å². The number of hydrogen-bond acceptors (Lipinski definition) is 2. The Hall–Kier alpha value is -1.84. The molecule has 0 bridgehead atoms. The van der Waals surface area contributed by atoms with Gasteiger partial charge in [0, 0.05) is 11.6 Å². The molecule has 1 unspecified atom stereocenters. The molecule has 1 aromatic carbocycles. The summed E-state index contributed by atoms with van der Waals surface area (Å²) < 4.78 is 0. The minimum atomic E-state index is -0.964. The van der Waals surface area contributed by atoms with E-state index in [0.717, 1.165) is 12.8 Å². The topological polar surface area (TPSA) is 66.4 Å². The van der Waals surface area contributed by atoms with Crippen molar-refractivity contribution in [3.63, 3.8) is 0 Å². The second kappa shape index (κ2) is 4.57. The van der Waals surface area contributed by atoms with Crippen LogP contribution in [0, 0.1) is 11.8 Å². The van der Waals surface area contributed by atoms with Crippen LogP contribution in [0.1, 0.15) is 30.1 Å². The zero-order chi connectivity index (χ0) is 12.4. The third-order valence-corrected chi connectivity index (χ3v) is 3.14. The number of carbonyl (C=O) groups is 2. The van der Waals surface area contributed by atoms with E-state index in [1.54, 1.807) is 12.1 Å². The lowest BCUT2D eigenvalue weighted by atomic mass is 10.1. The van der Waals surface area contributed by atoms with Crippen LogP contribution < -0.4 is 5.32 Å². The van der Waals surface area contributed by atoms with Crippen LogP contribution in [-0.4, -0.2) is 17.0 Å². The number of carboxylic acid groups (broad SMARTS) is 1. The number of carbonyl (C=O) groups excluding carboxylic acids is 1. The number of hydrogen-bond donors (Lipinski definition) is 2. The molecular formula is C13H15NO3. The second-order valence-electron chi connectivity index (χ2n) is 4.50. The molecule has 1 amide bonds. The van der Waals surface area contributed by atoms with Crippen molar-refractivity contribution < 1.29 is 14.7 Å². The van der Waals surface area contributed by atoms with Gasteiger partial charge in [-0.2, -0.15) is 0 Å². The zero-order valence-electron chi connectivity index (χ0n) is 9.64. The van der Waals surface area contributed by atoms with E-state index in [4.69, 9.17) is 5.11 Å². The van der Waals surface area contributed by atoms with Gasteiger partial charge in [0.1, 0.15) is 0 Å². The van der Waals surface area contributed by atoms with Crippen molar-refractivity contribution in [1.82, 2.24) is 0 Å². The highest BCUT2D eigenvalue weighted by Crippen LogP contribution is 2.37. The Bertz CT molecular complexity index is 434. The smallest absolute Gasteiger partial charge is 0.335 e. The molecule has 2 N–H and O–H groups in total. The molecule has 1 aromatic rings. The molecule has 0 aliphatic heterocycles. The first-order chi connectivity index (χ1) is 8.08. The van der Waals surface area contributed by atoms with Crippen LogP contribution in [-0.2, 0) is 4.79 Å². The molecule has 90 valence electrons. The third-order valence-electron chi connectivity index (χ3n) is 3.14. The third kappa shape index (κ3) is 2.84. The van der Waals surface area contributed by atoms with E-state index >= 15 is 0 Å². The number of benzene rings is 1. The van der Waals surface area contributed by atoms with E-state index in [1.165, 1.54) is 12.1 Å². The van der Waals surface area contributed by atoms with Crippen molar-refractivity contribution in [2.75, 3.05) is 5.32 Å². The monoisotopic (exact) mass is 233 g/mol. The molecule has 0 radical (unpaired) electrons. The van der Waals surface area contributed by atoms with Gasteiger partial charge in [0.05, 0.1) is 5.56 Å². The molecule has 0 spiro atoms. The number of aromatic carboxylic acids is 1. The fraction of sp³-hybridized carbons (Fsp3) is 0.385. The first kappa shape index (κ1) is 11.6. The summed E-state index contributed by atoms with van der Waals surface area (Å²) in [5, 5.41) is 11.5. The van der Waals surface area contributed by atoms with E-state index in [9.17, 15) is 9.59 Å². The van der Waals surface area contributed by atoms with Crippen molar-refractivity contribution in [2.45, 2.75) is 19.8 Å². The van der Waals surface area contributed by atoms with E-state index in [1.807, 2.05) is 6.92 Å². The molecule has 1 saturated carbocycles. The Balaban J connectivity index is 1.98. The highest BCUT2D eigenvalue weighted by molar-refractivity contribution is 5.93. The SMILES string of the molecule is CC(C(=O)Nc1ccc(C(=O)O)cc1)C1CC1. The molecule has 1 fully saturated rings. The highest BCUT2D eigenvalue weighted by Gasteiger charge is 2.32. The number of carboxylic acids is 1. The predicted molar refractivity (Wildman–Crippen MR) is 63.9 cm³/mol. The maximum atomic E-state index is 11.8. The van der Waals surface area contributed by atoms with Gasteiger partial charge in [-0.3, -0.25) is 4.79 Å². The van der Waals surface area contributed by atoms with Crippen LogP contribution in [0.25, 0.3) is 0 Å². The van der Waals surface area contributed by atoms with Gasteiger partial charge in [0.15, 0.2) is 0 Å². The quantitative estimate of drug-likeness (QED) is 0.839. The molecule has 1 atom stereocenters. The van der Waals surface area contributed by atoms with Crippen molar-refractivity contribution in [2.24, 2.45) is 11.8 Å². The molecule has 17 heavy (non-hydrogen) atoms. The molecule has 0 aromatic heterocycles. The van der Waals surface area contributed by atoms with Crippen LogP contribution in [0.3, 0.4) is 0 Å². The lowest BCUT2D eigenvalue weighted by molar-refractivity contribution is -0.119. The summed E-state index contributed by atoms with van der Waals surface area (Å²) in [6, 6.07) is 6.20. The maximum Gasteiger partial charge on any atom is 0.335 e. The molecule has 4 heteroatoms. The largest absolute Gasteiger partial charge is 0.478 e. The Morgan fingerprint density at radius 1 is 1.29 bits per heavy atom. The van der Waals surface area contributed by atoms with Crippen LogP contribution in [0.5, 0.6) is 0 Å². The molecule has 4 nitrogen and oxygen atoms in total. The van der Waals surface area contributed by atoms with E-state index in [2.05, 4.69) is 5.32 Å². The van der Waals surface area contributed by atoms with Crippen molar-refractivity contribution in [3.8, 4) is 0 Å². The van der Waals surface area contributed by atoms with Crippen molar-refractivity contribution >= 4 is 17.6 Å². The molecular weight excluding hydrogens is 218 g/mol. The second-order valence-corrected chi connectivity index (χ2v) is 4.50. The van der Waals surface area contributed by atoms with E-state index in [-0.39, 0.29) is 17.4 Å². The van der Waals surface area contributed by atoms with Gasteiger partial charge in [0.2, 0.25) is 5.91 Å². The summed E-state index contributed by atoms with van der Waals surface area (Å²) in [5.41, 5.74) is 0.866.